The van der Waals surface area contributed by atoms with Crippen LogP contribution in [0.2, 0.25) is 0 Å². The number of nitrogens with one attached hydrogen (secondary N) is 1. The fourth-order valence-electron chi connectivity index (χ4n) is 1.38. The molecule has 94 valence electrons. The van der Waals surface area contributed by atoms with Crippen molar-refractivity contribution in [1.29, 1.82) is 0 Å². The first-order chi connectivity index (χ1) is 8.02. The summed E-state index contributed by atoms with van der Waals surface area (Å²) in [6.07, 6.45) is 1.50. The van der Waals surface area contributed by atoms with Gasteiger partial charge in [0.2, 0.25) is 5.91 Å². The maximum Gasteiger partial charge on any atom is 0.217 e. The highest BCUT2D eigenvalue weighted by Gasteiger charge is 2.10. The molecule has 0 saturated carbocycles. The summed E-state index contributed by atoms with van der Waals surface area (Å²) in [5, 5.41) is 2.70. The van der Waals surface area contributed by atoms with Crippen molar-refractivity contribution >= 4 is 17.3 Å². The highest BCUT2D eigenvalue weighted by atomic mass is 19.2. The summed E-state index contributed by atoms with van der Waals surface area (Å²) in [4.78, 5) is 10.5. The van der Waals surface area contributed by atoms with E-state index in [2.05, 4.69) is 5.32 Å². The minimum atomic E-state index is -0.986. The van der Waals surface area contributed by atoms with E-state index in [0.717, 1.165) is 6.07 Å². The number of halogens is 2. The summed E-state index contributed by atoms with van der Waals surface area (Å²) in [6.45, 7) is 0.401. The molecule has 0 heterocycles. The molecule has 4 nitrogen and oxygen atoms in total. The average Bonchev–Trinajstić information content (AvgIpc) is 2.27. The van der Waals surface area contributed by atoms with Gasteiger partial charge in [0.25, 0.3) is 0 Å². The number of unbranched alkanes of at least 4 members (excludes halogenated alkanes) is 1. The topological polar surface area (TPSA) is 81.1 Å². The first kappa shape index (κ1) is 13.2. The van der Waals surface area contributed by atoms with Gasteiger partial charge in [-0.25, -0.2) is 8.78 Å². The molecule has 0 unspecified atom stereocenters. The summed E-state index contributed by atoms with van der Waals surface area (Å²) in [5.41, 5.74) is 10.6. The molecule has 17 heavy (non-hydrogen) atoms. The Morgan fingerprint density at radius 2 is 2.00 bits per heavy atom. The number of nitrogen functional groups attached to an aromatic ring is 1. The van der Waals surface area contributed by atoms with Gasteiger partial charge in [0.15, 0.2) is 11.6 Å². The molecular weight excluding hydrogens is 228 g/mol. The van der Waals surface area contributed by atoms with Gasteiger partial charge in [-0.2, -0.15) is 0 Å². The van der Waals surface area contributed by atoms with Gasteiger partial charge in [-0.15, -0.1) is 0 Å². The third-order valence-corrected chi connectivity index (χ3v) is 2.28. The first-order valence-corrected chi connectivity index (χ1v) is 5.28. The zero-order valence-corrected chi connectivity index (χ0v) is 9.30. The van der Waals surface area contributed by atoms with Crippen LogP contribution in [-0.2, 0) is 4.79 Å². The minimum absolute atomic E-state index is 0.0379. The van der Waals surface area contributed by atoms with Crippen LogP contribution in [0.5, 0.6) is 0 Å². The third-order valence-electron chi connectivity index (χ3n) is 2.28. The van der Waals surface area contributed by atoms with E-state index in [9.17, 15) is 13.6 Å². The molecule has 0 aliphatic rings. The Balaban J connectivity index is 2.46. The first-order valence-electron chi connectivity index (χ1n) is 5.28. The average molecular weight is 243 g/mol. The number of primary amides is 1. The Bertz CT molecular complexity index is 410. The lowest BCUT2D eigenvalue weighted by Gasteiger charge is -2.10. The van der Waals surface area contributed by atoms with Crippen molar-refractivity contribution in [2.45, 2.75) is 19.3 Å². The number of benzene rings is 1. The lowest BCUT2D eigenvalue weighted by molar-refractivity contribution is -0.118. The van der Waals surface area contributed by atoms with Crippen molar-refractivity contribution in [1.82, 2.24) is 0 Å². The van der Waals surface area contributed by atoms with Gasteiger partial charge in [0.05, 0.1) is 11.4 Å². The quantitative estimate of drug-likeness (QED) is 0.524. The van der Waals surface area contributed by atoms with Crippen molar-refractivity contribution in [2.75, 3.05) is 17.6 Å². The normalized spacial score (nSPS) is 10.2. The van der Waals surface area contributed by atoms with Gasteiger partial charge in [0, 0.05) is 13.0 Å². The summed E-state index contributed by atoms with van der Waals surface area (Å²) < 4.78 is 26.2. The number of carbonyl (C=O) groups excluding carboxylic acids is 1. The van der Waals surface area contributed by atoms with Crippen LogP contribution >= 0.6 is 0 Å². The molecule has 0 fully saturated rings. The lowest BCUT2D eigenvalue weighted by Crippen LogP contribution is -2.11. The van der Waals surface area contributed by atoms with Crippen LogP contribution in [-0.4, -0.2) is 12.5 Å². The number of anilines is 2. The molecule has 0 aromatic heterocycles. The van der Waals surface area contributed by atoms with Gasteiger partial charge in [-0.1, -0.05) is 0 Å². The van der Waals surface area contributed by atoms with Gasteiger partial charge >= 0.3 is 0 Å². The van der Waals surface area contributed by atoms with E-state index in [1.165, 1.54) is 6.07 Å². The van der Waals surface area contributed by atoms with E-state index >= 15 is 0 Å². The summed E-state index contributed by atoms with van der Waals surface area (Å²) in [7, 11) is 0. The van der Waals surface area contributed by atoms with Crippen LogP contribution in [0.25, 0.3) is 0 Å². The second-order valence-corrected chi connectivity index (χ2v) is 3.68. The van der Waals surface area contributed by atoms with Crippen LogP contribution in [0, 0.1) is 11.6 Å². The molecule has 1 rings (SSSR count). The fourth-order valence-corrected chi connectivity index (χ4v) is 1.38. The molecule has 0 bridgehead atoms. The predicted molar refractivity (Wildman–Crippen MR) is 62.3 cm³/mol. The molecule has 0 aliphatic carbocycles. The van der Waals surface area contributed by atoms with Crippen LogP contribution < -0.4 is 16.8 Å². The van der Waals surface area contributed by atoms with E-state index in [-0.39, 0.29) is 23.7 Å². The number of carbonyl (C=O) groups is 1. The molecule has 0 spiro atoms. The Morgan fingerprint density at radius 1 is 1.29 bits per heavy atom. The summed E-state index contributed by atoms with van der Waals surface area (Å²) in [5.74, 6) is -2.31. The number of nitrogens with two attached hydrogens (primary N) is 2. The Hall–Kier alpha value is -1.85. The van der Waals surface area contributed by atoms with E-state index in [4.69, 9.17) is 11.5 Å². The number of amides is 1. The molecule has 0 radical (unpaired) electrons. The van der Waals surface area contributed by atoms with E-state index in [1.54, 1.807) is 0 Å². The van der Waals surface area contributed by atoms with Crippen molar-refractivity contribution in [2.24, 2.45) is 5.73 Å². The van der Waals surface area contributed by atoms with Crippen LogP contribution in [0.3, 0.4) is 0 Å². The van der Waals surface area contributed by atoms with Crippen LogP contribution in [0.15, 0.2) is 12.1 Å². The minimum Gasteiger partial charge on any atom is -0.397 e. The predicted octanol–water partition coefficient (Wildman–Crippen LogP) is 1.61. The van der Waals surface area contributed by atoms with Crippen molar-refractivity contribution in [3.63, 3.8) is 0 Å². The van der Waals surface area contributed by atoms with Crippen molar-refractivity contribution in [3.05, 3.63) is 23.8 Å². The third kappa shape index (κ3) is 3.90. The zero-order chi connectivity index (χ0) is 12.8. The van der Waals surface area contributed by atoms with Gasteiger partial charge in [-0.3, -0.25) is 4.79 Å². The van der Waals surface area contributed by atoms with Gasteiger partial charge in [0.1, 0.15) is 0 Å². The van der Waals surface area contributed by atoms with E-state index in [0.29, 0.717) is 19.4 Å². The Morgan fingerprint density at radius 3 is 2.65 bits per heavy atom. The molecule has 6 heteroatoms. The molecule has 0 atom stereocenters. The standard InChI is InChI=1S/C11H15F2N3O/c12-7-4-5-8(14)11(10(7)13)16-6-2-1-3-9(15)17/h4-5,16H,1-3,6,14H2,(H2,15,17). The van der Waals surface area contributed by atoms with Gasteiger partial charge in [-0.05, 0) is 25.0 Å². The number of hydrogen-bond donors (Lipinski definition) is 3. The smallest absolute Gasteiger partial charge is 0.217 e. The fraction of sp³-hybridized carbons (Fsp3) is 0.364. The zero-order valence-electron chi connectivity index (χ0n) is 9.30. The highest BCUT2D eigenvalue weighted by Crippen LogP contribution is 2.24. The molecule has 1 aromatic rings. The molecule has 5 N–H and O–H groups in total. The maximum absolute atomic E-state index is 13.3. The molecule has 1 aromatic carbocycles. The van der Waals surface area contributed by atoms with Gasteiger partial charge < -0.3 is 16.8 Å². The SMILES string of the molecule is NC(=O)CCCCNc1c(N)ccc(F)c1F. The van der Waals surface area contributed by atoms with E-state index < -0.39 is 11.6 Å². The monoisotopic (exact) mass is 243 g/mol. The van der Waals surface area contributed by atoms with Crippen LogP contribution in [0.4, 0.5) is 20.2 Å². The van der Waals surface area contributed by atoms with Crippen LogP contribution in [0.1, 0.15) is 19.3 Å². The van der Waals surface area contributed by atoms with Crippen molar-refractivity contribution in [3.8, 4) is 0 Å². The largest absolute Gasteiger partial charge is 0.397 e. The Kier molecular flexibility index (Phi) is 4.68. The number of rotatable bonds is 6. The molecule has 0 aliphatic heterocycles. The molecule has 0 saturated heterocycles. The molecule has 1 amide bonds. The summed E-state index contributed by atoms with van der Waals surface area (Å²) >= 11 is 0. The maximum atomic E-state index is 13.3. The Labute approximate surface area is 98.0 Å². The van der Waals surface area contributed by atoms with E-state index in [1.807, 2.05) is 0 Å². The highest BCUT2D eigenvalue weighted by molar-refractivity contribution is 5.73. The summed E-state index contributed by atoms with van der Waals surface area (Å²) in [6, 6.07) is 2.27. The lowest BCUT2D eigenvalue weighted by atomic mass is 10.2. The molecular formula is C11H15F2N3O. The number of hydrogen-bond acceptors (Lipinski definition) is 3. The van der Waals surface area contributed by atoms with Crippen molar-refractivity contribution < 1.29 is 13.6 Å². The second kappa shape index (κ2) is 6.03. The second-order valence-electron chi connectivity index (χ2n) is 3.68.